The zero-order valence-electron chi connectivity index (χ0n) is 11.9. The summed E-state index contributed by atoms with van der Waals surface area (Å²) in [6, 6.07) is 5.21. The quantitative estimate of drug-likeness (QED) is 0.870. The van der Waals surface area contributed by atoms with Crippen LogP contribution in [0.15, 0.2) is 22.7 Å². The Morgan fingerprint density at radius 2 is 2.10 bits per heavy atom. The molecule has 1 heterocycles. The molecular formula is C15H18ClN3O2. The second kappa shape index (κ2) is 5.66. The predicted molar refractivity (Wildman–Crippen MR) is 80.9 cm³/mol. The van der Waals surface area contributed by atoms with Crippen LogP contribution in [0.25, 0.3) is 11.5 Å². The largest absolute Gasteiger partial charge is 0.399 e. The van der Waals surface area contributed by atoms with Crippen molar-refractivity contribution in [2.45, 2.75) is 38.2 Å². The molecule has 1 aromatic carbocycles. The van der Waals surface area contributed by atoms with E-state index in [9.17, 15) is 0 Å². The third-order valence-corrected chi connectivity index (χ3v) is 4.05. The fourth-order valence-electron chi connectivity index (χ4n) is 2.92. The fraction of sp³-hybridized carbons (Fsp3) is 0.467. The van der Waals surface area contributed by atoms with Crippen LogP contribution in [0.3, 0.4) is 0 Å². The molecule has 1 aliphatic rings. The molecule has 0 amide bonds. The molecule has 1 aliphatic carbocycles. The maximum absolute atomic E-state index is 6.02. The van der Waals surface area contributed by atoms with Crippen molar-refractivity contribution in [3.05, 3.63) is 29.0 Å². The molecule has 0 aliphatic heterocycles. The summed E-state index contributed by atoms with van der Waals surface area (Å²) in [6.45, 7) is 2.62. The Morgan fingerprint density at radius 1 is 1.33 bits per heavy atom. The van der Waals surface area contributed by atoms with Gasteiger partial charge in [-0.2, -0.15) is 4.98 Å². The average molecular weight is 308 g/mol. The van der Waals surface area contributed by atoms with Crippen LogP contribution in [0.2, 0.25) is 5.02 Å². The summed E-state index contributed by atoms with van der Waals surface area (Å²) >= 11 is 6.02. The molecule has 1 saturated carbocycles. The monoisotopic (exact) mass is 307 g/mol. The van der Waals surface area contributed by atoms with E-state index in [2.05, 4.69) is 10.1 Å². The summed E-state index contributed by atoms with van der Waals surface area (Å²) in [4.78, 5) is 4.52. The third kappa shape index (κ3) is 2.76. The highest BCUT2D eigenvalue weighted by atomic mass is 35.5. The number of anilines is 1. The van der Waals surface area contributed by atoms with Crippen LogP contribution >= 0.6 is 11.6 Å². The molecule has 6 heteroatoms. The molecule has 3 rings (SSSR count). The summed E-state index contributed by atoms with van der Waals surface area (Å²) in [5, 5.41) is 4.68. The first-order valence-corrected chi connectivity index (χ1v) is 7.55. The summed E-state index contributed by atoms with van der Waals surface area (Å²) in [5.74, 6) is 1.04. The maximum atomic E-state index is 6.02. The first kappa shape index (κ1) is 14.4. The van der Waals surface area contributed by atoms with Crippen LogP contribution in [-0.4, -0.2) is 16.7 Å². The average Bonchev–Trinajstić information content (AvgIpc) is 3.07. The standard InChI is InChI=1S/C15H18ClN3O2/c1-2-20-15(5-3-4-6-15)14-18-13(21-19-14)10-7-11(16)9-12(17)8-10/h7-9H,2-6,17H2,1H3. The van der Waals surface area contributed by atoms with Gasteiger partial charge in [0.1, 0.15) is 5.60 Å². The Morgan fingerprint density at radius 3 is 2.76 bits per heavy atom. The number of halogens is 1. The molecule has 0 bridgehead atoms. The highest BCUT2D eigenvalue weighted by Gasteiger charge is 2.40. The highest BCUT2D eigenvalue weighted by Crippen LogP contribution is 2.41. The van der Waals surface area contributed by atoms with Crippen molar-refractivity contribution >= 4 is 17.3 Å². The lowest BCUT2D eigenvalue weighted by Crippen LogP contribution is -2.27. The van der Waals surface area contributed by atoms with Crippen molar-refractivity contribution in [1.82, 2.24) is 10.1 Å². The van der Waals surface area contributed by atoms with Crippen LogP contribution in [0, 0.1) is 0 Å². The molecule has 21 heavy (non-hydrogen) atoms. The van der Waals surface area contributed by atoms with Crippen LogP contribution < -0.4 is 5.73 Å². The summed E-state index contributed by atoms with van der Waals surface area (Å²) in [5.41, 5.74) is 6.69. The Bertz CT molecular complexity index is 615. The second-order valence-corrected chi connectivity index (χ2v) is 5.77. The SMILES string of the molecule is CCOC1(c2noc(-c3cc(N)cc(Cl)c3)n2)CCCC1. The molecule has 0 spiro atoms. The van der Waals surface area contributed by atoms with Crippen molar-refractivity contribution in [3.8, 4) is 11.5 Å². The van der Waals surface area contributed by atoms with E-state index in [0.717, 1.165) is 31.2 Å². The van der Waals surface area contributed by atoms with Crippen molar-refractivity contribution in [2.75, 3.05) is 12.3 Å². The maximum Gasteiger partial charge on any atom is 0.258 e. The van der Waals surface area contributed by atoms with Crippen molar-refractivity contribution in [2.24, 2.45) is 0 Å². The normalized spacial score (nSPS) is 17.2. The topological polar surface area (TPSA) is 74.2 Å². The van der Waals surface area contributed by atoms with Crippen molar-refractivity contribution < 1.29 is 9.26 Å². The summed E-state index contributed by atoms with van der Waals surface area (Å²) in [7, 11) is 0. The lowest BCUT2D eigenvalue weighted by Gasteiger charge is -2.24. The van der Waals surface area contributed by atoms with Gasteiger partial charge in [0.05, 0.1) is 0 Å². The number of benzene rings is 1. The number of aromatic nitrogens is 2. The van der Waals surface area contributed by atoms with Gasteiger partial charge in [-0.05, 0) is 50.8 Å². The van der Waals surface area contributed by atoms with Crippen molar-refractivity contribution in [1.29, 1.82) is 0 Å². The molecule has 0 unspecified atom stereocenters. The minimum absolute atomic E-state index is 0.402. The van der Waals surface area contributed by atoms with Gasteiger partial charge in [0.2, 0.25) is 5.82 Å². The third-order valence-electron chi connectivity index (χ3n) is 3.83. The van der Waals surface area contributed by atoms with Gasteiger partial charge < -0.3 is 15.0 Å². The van der Waals surface area contributed by atoms with E-state index in [4.69, 9.17) is 26.6 Å². The smallest absolute Gasteiger partial charge is 0.258 e. The van der Waals surface area contributed by atoms with E-state index < -0.39 is 5.60 Å². The van der Waals surface area contributed by atoms with Gasteiger partial charge in [-0.25, -0.2) is 0 Å². The Balaban J connectivity index is 1.95. The van der Waals surface area contributed by atoms with E-state index in [-0.39, 0.29) is 0 Å². The molecule has 1 aromatic heterocycles. The number of ether oxygens (including phenoxy) is 1. The second-order valence-electron chi connectivity index (χ2n) is 5.33. The number of nitrogens with two attached hydrogens (primary N) is 1. The van der Waals surface area contributed by atoms with Crippen LogP contribution in [-0.2, 0) is 10.3 Å². The number of nitrogens with zero attached hydrogens (tertiary/aromatic N) is 2. The number of rotatable bonds is 4. The molecule has 0 atom stereocenters. The molecule has 2 aromatic rings. The van der Waals surface area contributed by atoms with Crippen molar-refractivity contribution in [3.63, 3.8) is 0 Å². The summed E-state index contributed by atoms with van der Waals surface area (Å²) in [6.07, 6.45) is 4.09. The van der Waals surface area contributed by atoms with Crippen LogP contribution in [0.1, 0.15) is 38.4 Å². The molecule has 112 valence electrons. The lowest BCUT2D eigenvalue weighted by atomic mass is 10.0. The van der Waals surface area contributed by atoms with E-state index in [1.165, 1.54) is 0 Å². The zero-order valence-corrected chi connectivity index (χ0v) is 12.7. The predicted octanol–water partition coefficient (Wildman–Crippen LogP) is 3.78. The van der Waals surface area contributed by atoms with E-state index in [1.54, 1.807) is 18.2 Å². The first-order valence-electron chi connectivity index (χ1n) is 7.17. The van der Waals surface area contributed by atoms with Crippen LogP contribution in [0.5, 0.6) is 0 Å². The van der Waals surface area contributed by atoms with Gasteiger partial charge in [-0.3, -0.25) is 0 Å². The molecule has 0 saturated heterocycles. The van der Waals surface area contributed by atoms with Gasteiger partial charge in [-0.1, -0.05) is 16.8 Å². The molecule has 1 fully saturated rings. The van der Waals surface area contributed by atoms with Gasteiger partial charge >= 0.3 is 0 Å². The first-order chi connectivity index (χ1) is 10.1. The number of hydrogen-bond donors (Lipinski definition) is 1. The van der Waals surface area contributed by atoms with Gasteiger partial charge in [0, 0.05) is 22.9 Å². The Kier molecular flexibility index (Phi) is 3.87. The number of hydrogen-bond acceptors (Lipinski definition) is 5. The Hall–Kier alpha value is -1.59. The molecule has 0 radical (unpaired) electrons. The molecular weight excluding hydrogens is 290 g/mol. The molecule has 2 N–H and O–H groups in total. The van der Waals surface area contributed by atoms with Crippen LogP contribution in [0.4, 0.5) is 5.69 Å². The molecule has 5 nitrogen and oxygen atoms in total. The minimum Gasteiger partial charge on any atom is -0.399 e. The minimum atomic E-state index is -0.402. The number of nitrogen functional groups attached to an aromatic ring is 1. The lowest BCUT2D eigenvalue weighted by molar-refractivity contribution is -0.0469. The van der Waals surface area contributed by atoms with E-state index >= 15 is 0 Å². The van der Waals surface area contributed by atoms with E-state index in [0.29, 0.717) is 29.0 Å². The highest BCUT2D eigenvalue weighted by molar-refractivity contribution is 6.31. The summed E-state index contributed by atoms with van der Waals surface area (Å²) < 4.78 is 11.3. The zero-order chi connectivity index (χ0) is 14.9. The van der Waals surface area contributed by atoms with Gasteiger partial charge in [-0.15, -0.1) is 0 Å². The van der Waals surface area contributed by atoms with Gasteiger partial charge in [0.25, 0.3) is 5.89 Å². The van der Waals surface area contributed by atoms with E-state index in [1.807, 2.05) is 6.92 Å². The Labute approximate surface area is 128 Å². The fourth-order valence-corrected chi connectivity index (χ4v) is 3.16. The van der Waals surface area contributed by atoms with Gasteiger partial charge in [0.15, 0.2) is 0 Å².